The zero-order valence-corrected chi connectivity index (χ0v) is 18.5. The average molecular weight is 432 g/mol. The molecule has 0 aromatic heterocycles. The van der Waals surface area contributed by atoms with Crippen LogP contribution < -0.4 is 19.5 Å². The van der Waals surface area contributed by atoms with E-state index >= 15 is 0 Å². The second-order valence-electron chi connectivity index (χ2n) is 8.04. The molecule has 8 heteroatoms. The molecule has 2 heterocycles. The van der Waals surface area contributed by atoms with E-state index in [-0.39, 0.29) is 4.90 Å². The molecular weight excluding hydrogens is 402 g/mol. The summed E-state index contributed by atoms with van der Waals surface area (Å²) in [6.45, 7) is 4.37. The molecule has 7 nitrogen and oxygen atoms in total. The molecule has 0 amide bonds. The fourth-order valence-electron chi connectivity index (χ4n) is 4.34. The third-order valence-electron chi connectivity index (χ3n) is 6.08. The number of nitrogens with one attached hydrogen (secondary N) is 2. The van der Waals surface area contributed by atoms with Crippen LogP contribution in [0.3, 0.4) is 0 Å². The highest BCUT2D eigenvalue weighted by molar-refractivity contribution is 7.89. The zero-order valence-electron chi connectivity index (χ0n) is 17.7. The first-order valence-corrected chi connectivity index (χ1v) is 11.7. The van der Waals surface area contributed by atoms with Gasteiger partial charge in [-0.15, -0.1) is 0 Å². The Morgan fingerprint density at radius 3 is 2.37 bits per heavy atom. The first-order chi connectivity index (χ1) is 14.4. The molecule has 0 saturated carbocycles. The molecule has 2 aromatic carbocycles. The minimum atomic E-state index is -3.62. The second kappa shape index (κ2) is 8.09. The van der Waals surface area contributed by atoms with Gasteiger partial charge in [0.2, 0.25) is 10.0 Å². The van der Waals surface area contributed by atoms with Crippen LogP contribution in [-0.2, 0) is 16.4 Å². The van der Waals surface area contributed by atoms with Crippen LogP contribution in [0.1, 0.15) is 24.0 Å². The smallest absolute Gasteiger partial charge is 0.244 e. The summed E-state index contributed by atoms with van der Waals surface area (Å²) in [5.41, 5.74) is 1.87. The highest BCUT2D eigenvalue weighted by Gasteiger charge is 2.44. The number of anilines is 1. The number of ether oxygens (including phenoxy) is 2. The molecule has 30 heavy (non-hydrogen) atoms. The Morgan fingerprint density at radius 2 is 1.73 bits per heavy atom. The van der Waals surface area contributed by atoms with Gasteiger partial charge in [-0.2, -0.15) is 4.72 Å². The Balaban J connectivity index is 1.44. The van der Waals surface area contributed by atoms with Crippen LogP contribution >= 0.6 is 0 Å². The molecule has 1 fully saturated rings. The summed E-state index contributed by atoms with van der Waals surface area (Å²) in [7, 11) is -0.382. The first kappa shape index (κ1) is 21.0. The number of fused-ring (bicyclic) bond motifs is 1. The summed E-state index contributed by atoms with van der Waals surface area (Å²) >= 11 is 0. The monoisotopic (exact) mass is 431 g/mol. The lowest BCUT2D eigenvalue weighted by Gasteiger charge is -2.46. The number of hydrogen-bond acceptors (Lipinski definition) is 6. The second-order valence-corrected chi connectivity index (χ2v) is 9.66. The summed E-state index contributed by atoms with van der Waals surface area (Å²) in [6, 6.07) is 11.7. The van der Waals surface area contributed by atoms with Crippen LogP contribution in [0.15, 0.2) is 41.3 Å². The number of nitrogens with zero attached hydrogens (tertiary/aromatic N) is 1. The molecule has 0 atom stereocenters. The maximum Gasteiger partial charge on any atom is 0.244 e. The Labute approximate surface area is 178 Å². The van der Waals surface area contributed by atoms with Gasteiger partial charge in [0.25, 0.3) is 0 Å². The van der Waals surface area contributed by atoms with Crippen LogP contribution in [0.25, 0.3) is 0 Å². The predicted molar refractivity (Wildman–Crippen MR) is 117 cm³/mol. The van der Waals surface area contributed by atoms with E-state index in [1.165, 1.54) is 5.56 Å². The Kier molecular flexibility index (Phi) is 5.65. The minimum Gasteiger partial charge on any atom is -0.497 e. The molecule has 1 saturated heterocycles. The maximum absolute atomic E-state index is 13.0. The van der Waals surface area contributed by atoms with Gasteiger partial charge < -0.3 is 19.7 Å². The molecule has 2 aliphatic heterocycles. The number of piperidine rings is 1. The quantitative estimate of drug-likeness (QED) is 0.758. The average Bonchev–Trinajstić information content (AvgIpc) is 2.73. The van der Waals surface area contributed by atoms with E-state index < -0.39 is 15.7 Å². The van der Waals surface area contributed by atoms with E-state index in [0.29, 0.717) is 29.8 Å². The summed E-state index contributed by atoms with van der Waals surface area (Å²) in [5.74, 6) is 1.42. The van der Waals surface area contributed by atoms with Crippen molar-refractivity contribution in [3.63, 3.8) is 0 Å². The van der Waals surface area contributed by atoms with E-state index in [0.717, 1.165) is 31.8 Å². The normalized spacial score (nSPS) is 19.7. The number of rotatable bonds is 5. The van der Waals surface area contributed by atoms with Gasteiger partial charge in [0.15, 0.2) is 0 Å². The molecule has 0 aliphatic carbocycles. The highest BCUT2D eigenvalue weighted by Crippen LogP contribution is 2.42. The van der Waals surface area contributed by atoms with Crippen molar-refractivity contribution in [1.29, 1.82) is 0 Å². The number of methoxy groups -OCH3 is 2. The predicted octanol–water partition coefficient (Wildman–Crippen LogP) is 2.75. The van der Waals surface area contributed by atoms with Gasteiger partial charge in [0.05, 0.1) is 19.9 Å². The van der Waals surface area contributed by atoms with E-state index in [9.17, 15) is 8.42 Å². The molecule has 0 radical (unpaired) electrons. The van der Waals surface area contributed by atoms with Crippen molar-refractivity contribution < 1.29 is 17.9 Å². The standard InChI is InChI=1S/C22H29N3O4S/c1-16-4-9-19(29-3)20-21(16)30(26,27)24-22(23-20)11-14-25(15-12-22)13-10-17-5-7-18(28-2)8-6-17/h4-9,23-24H,10-15H2,1-3H3. The molecule has 0 unspecified atom stereocenters. The van der Waals surface area contributed by atoms with E-state index in [4.69, 9.17) is 9.47 Å². The van der Waals surface area contributed by atoms with Crippen molar-refractivity contribution in [3.05, 3.63) is 47.5 Å². The number of sulfonamides is 1. The largest absolute Gasteiger partial charge is 0.497 e. The minimum absolute atomic E-state index is 0.286. The number of likely N-dealkylation sites (tertiary alicyclic amines) is 1. The van der Waals surface area contributed by atoms with Crippen molar-refractivity contribution in [3.8, 4) is 11.5 Å². The topological polar surface area (TPSA) is 79.9 Å². The lowest BCUT2D eigenvalue weighted by atomic mass is 9.96. The van der Waals surface area contributed by atoms with Crippen molar-refractivity contribution in [2.24, 2.45) is 0 Å². The number of benzene rings is 2. The molecule has 4 rings (SSSR count). The summed E-state index contributed by atoms with van der Waals surface area (Å²) in [4.78, 5) is 2.67. The van der Waals surface area contributed by atoms with Crippen LogP contribution in [0.4, 0.5) is 5.69 Å². The molecular formula is C22H29N3O4S. The Hall–Kier alpha value is -2.29. The maximum atomic E-state index is 13.0. The number of hydrogen-bond donors (Lipinski definition) is 2. The summed E-state index contributed by atoms with van der Waals surface area (Å²) in [6.07, 6.45) is 2.32. The van der Waals surface area contributed by atoms with Gasteiger partial charge in [-0.3, -0.25) is 0 Å². The fraction of sp³-hybridized carbons (Fsp3) is 0.455. The van der Waals surface area contributed by atoms with Crippen molar-refractivity contribution in [2.75, 3.05) is 39.2 Å². The van der Waals surface area contributed by atoms with Gasteiger partial charge in [-0.25, -0.2) is 8.42 Å². The summed E-state index contributed by atoms with van der Waals surface area (Å²) < 4.78 is 39.7. The van der Waals surface area contributed by atoms with Crippen LogP contribution in [0, 0.1) is 6.92 Å². The van der Waals surface area contributed by atoms with E-state index in [1.807, 2.05) is 18.2 Å². The lowest BCUT2D eigenvalue weighted by Crippen LogP contribution is -2.62. The van der Waals surface area contributed by atoms with E-state index in [1.54, 1.807) is 27.2 Å². The van der Waals surface area contributed by atoms with Crippen molar-refractivity contribution in [1.82, 2.24) is 9.62 Å². The van der Waals surface area contributed by atoms with Gasteiger partial charge in [-0.1, -0.05) is 18.2 Å². The zero-order chi connectivity index (χ0) is 21.4. The SMILES string of the molecule is COc1ccc(CCN2CCC3(CC2)Nc2c(OC)ccc(C)c2S(=O)(=O)N3)cc1. The summed E-state index contributed by atoms with van der Waals surface area (Å²) in [5, 5.41) is 3.48. The third kappa shape index (κ3) is 3.99. The van der Waals surface area contributed by atoms with Gasteiger partial charge in [0, 0.05) is 19.6 Å². The van der Waals surface area contributed by atoms with Gasteiger partial charge in [0.1, 0.15) is 22.1 Å². The number of aryl methyl sites for hydroxylation is 1. The molecule has 2 aromatic rings. The van der Waals surface area contributed by atoms with Crippen LogP contribution in [-0.4, -0.2) is 52.8 Å². The van der Waals surface area contributed by atoms with Crippen LogP contribution in [0.2, 0.25) is 0 Å². The molecule has 0 bridgehead atoms. The third-order valence-corrected chi connectivity index (χ3v) is 7.81. The van der Waals surface area contributed by atoms with E-state index in [2.05, 4.69) is 27.1 Å². The highest BCUT2D eigenvalue weighted by atomic mass is 32.2. The van der Waals surface area contributed by atoms with Gasteiger partial charge in [-0.05, 0) is 55.5 Å². The van der Waals surface area contributed by atoms with Crippen molar-refractivity contribution in [2.45, 2.75) is 36.7 Å². The molecule has 2 N–H and O–H groups in total. The van der Waals surface area contributed by atoms with Crippen LogP contribution in [0.5, 0.6) is 11.5 Å². The Morgan fingerprint density at radius 1 is 1.03 bits per heavy atom. The molecule has 162 valence electrons. The molecule has 2 aliphatic rings. The fourth-order valence-corrected chi connectivity index (χ4v) is 6.13. The molecule has 1 spiro atoms. The van der Waals surface area contributed by atoms with Gasteiger partial charge >= 0.3 is 0 Å². The Bertz CT molecular complexity index is 1010. The first-order valence-electron chi connectivity index (χ1n) is 10.2. The van der Waals surface area contributed by atoms with Crippen molar-refractivity contribution >= 4 is 15.7 Å². The lowest BCUT2D eigenvalue weighted by molar-refractivity contribution is 0.166.